The highest BCUT2D eigenvalue weighted by molar-refractivity contribution is 5.68. The lowest BCUT2D eigenvalue weighted by Gasteiger charge is -2.24. The van der Waals surface area contributed by atoms with Crippen LogP contribution in [0, 0.1) is 0 Å². The van der Waals surface area contributed by atoms with Gasteiger partial charge in [-0.2, -0.15) is 5.10 Å². The molecule has 1 aromatic rings. The summed E-state index contributed by atoms with van der Waals surface area (Å²) in [6.45, 7) is 8.24. The Morgan fingerprint density at radius 1 is 1.50 bits per heavy atom. The molecule has 0 spiro atoms. The van der Waals surface area contributed by atoms with Crippen molar-refractivity contribution in [2.24, 2.45) is 0 Å². The summed E-state index contributed by atoms with van der Waals surface area (Å²) in [7, 11) is 0. The molecule has 2 heterocycles. The number of rotatable bonds is 2. The second kappa shape index (κ2) is 5.44. The zero-order chi connectivity index (χ0) is 14.9. The molecule has 1 aromatic heterocycles. The average Bonchev–Trinajstić information content (AvgIpc) is 2.92. The van der Waals surface area contributed by atoms with Crippen molar-refractivity contribution in [1.82, 2.24) is 14.7 Å². The summed E-state index contributed by atoms with van der Waals surface area (Å²) in [4.78, 5) is 13.5. The quantitative estimate of drug-likeness (QED) is 0.894. The fourth-order valence-electron chi connectivity index (χ4n) is 2.25. The number of nitrogens with zero attached hydrogens (tertiary/aromatic N) is 3. The van der Waals surface area contributed by atoms with Crippen LogP contribution in [0.5, 0.6) is 0 Å². The van der Waals surface area contributed by atoms with Crippen molar-refractivity contribution in [3.05, 3.63) is 18.0 Å². The molecule has 2 rings (SSSR count). The second-order valence-corrected chi connectivity index (χ2v) is 6.20. The maximum absolute atomic E-state index is 12.0. The fourth-order valence-corrected chi connectivity index (χ4v) is 2.25. The van der Waals surface area contributed by atoms with Crippen molar-refractivity contribution in [2.75, 3.05) is 13.1 Å². The Hall–Kier alpha value is -1.56. The second-order valence-electron chi connectivity index (χ2n) is 6.20. The summed E-state index contributed by atoms with van der Waals surface area (Å²) in [6.07, 6.45) is 3.61. The molecular formula is C14H23N3O3. The van der Waals surface area contributed by atoms with E-state index in [0.29, 0.717) is 6.54 Å². The first-order valence-electron chi connectivity index (χ1n) is 6.99. The summed E-state index contributed by atoms with van der Waals surface area (Å²) in [5.74, 6) is 0. The van der Waals surface area contributed by atoms with E-state index in [2.05, 4.69) is 12.0 Å². The van der Waals surface area contributed by atoms with Gasteiger partial charge in [0.05, 0.1) is 24.9 Å². The first-order chi connectivity index (χ1) is 9.30. The van der Waals surface area contributed by atoms with Crippen molar-refractivity contribution in [2.45, 2.75) is 51.9 Å². The molecular weight excluding hydrogens is 258 g/mol. The standard InChI is InChI=1S/C14H23N3O3/c1-5-10-6-15-17(7-10)11-8-16(9-12(11)18)13(19)20-14(2,3)4/h6-7,11-12,18H,5,8-9H2,1-4H3/t11?,12-/m1/s1. The van der Waals surface area contributed by atoms with Gasteiger partial charge < -0.3 is 14.7 Å². The van der Waals surface area contributed by atoms with E-state index in [-0.39, 0.29) is 18.7 Å². The van der Waals surface area contributed by atoms with Crippen LogP contribution in [0.2, 0.25) is 0 Å². The van der Waals surface area contributed by atoms with Crippen LogP contribution in [0.1, 0.15) is 39.3 Å². The number of hydrogen-bond donors (Lipinski definition) is 1. The lowest BCUT2D eigenvalue weighted by atomic mass is 10.2. The number of aromatic nitrogens is 2. The van der Waals surface area contributed by atoms with Crippen molar-refractivity contribution in [3.63, 3.8) is 0 Å². The molecule has 0 aromatic carbocycles. The van der Waals surface area contributed by atoms with E-state index in [1.807, 2.05) is 27.0 Å². The molecule has 1 aliphatic heterocycles. The highest BCUT2D eigenvalue weighted by atomic mass is 16.6. The third-order valence-corrected chi connectivity index (χ3v) is 3.31. The van der Waals surface area contributed by atoms with E-state index >= 15 is 0 Å². The van der Waals surface area contributed by atoms with Gasteiger partial charge in [0.2, 0.25) is 0 Å². The minimum Gasteiger partial charge on any atom is -0.444 e. The molecule has 0 aliphatic carbocycles. The van der Waals surface area contributed by atoms with Crippen LogP contribution in [0.15, 0.2) is 12.4 Å². The van der Waals surface area contributed by atoms with E-state index < -0.39 is 11.7 Å². The summed E-state index contributed by atoms with van der Waals surface area (Å²) < 4.78 is 7.07. The van der Waals surface area contributed by atoms with Gasteiger partial charge in [0.25, 0.3) is 0 Å². The van der Waals surface area contributed by atoms with Crippen molar-refractivity contribution in [1.29, 1.82) is 0 Å². The predicted molar refractivity (Wildman–Crippen MR) is 74.5 cm³/mol. The summed E-state index contributed by atoms with van der Waals surface area (Å²) in [5, 5.41) is 14.4. The molecule has 0 bridgehead atoms. The van der Waals surface area contributed by atoms with Crippen LogP contribution >= 0.6 is 0 Å². The molecule has 6 nitrogen and oxygen atoms in total. The molecule has 0 radical (unpaired) electrons. The Morgan fingerprint density at radius 2 is 2.20 bits per heavy atom. The van der Waals surface area contributed by atoms with Gasteiger partial charge >= 0.3 is 6.09 Å². The molecule has 0 saturated carbocycles. The maximum Gasteiger partial charge on any atom is 0.410 e. The van der Waals surface area contributed by atoms with Gasteiger partial charge in [-0.05, 0) is 32.8 Å². The van der Waals surface area contributed by atoms with Crippen LogP contribution in [0.3, 0.4) is 0 Å². The van der Waals surface area contributed by atoms with Crippen molar-refractivity contribution < 1.29 is 14.6 Å². The van der Waals surface area contributed by atoms with Gasteiger partial charge in [-0.15, -0.1) is 0 Å². The minimum absolute atomic E-state index is 0.206. The zero-order valence-electron chi connectivity index (χ0n) is 12.5. The Labute approximate surface area is 119 Å². The number of carbonyl (C=O) groups is 1. The highest BCUT2D eigenvalue weighted by Crippen LogP contribution is 2.24. The third-order valence-electron chi connectivity index (χ3n) is 3.31. The monoisotopic (exact) mass is 281 g/mol. The number of aliphatic hydroxyl groups is 1. The lowest BCUT2D eigenvalue weighted by molar-refractivity contribution is 0.0270. The molecule has 112 valence electrons. The van der Waals surface area contributed by atoms with E-state index in [1.54, 1.807) is 10.9 Å². The van der Waals surface area contributed by atoms with Gasteiger partial charge in [-0.3, -0.25) is 4.68 Å². The van der Waals surface area contributed by atoms with Gasteiger partial charge in [0, 0.05) is 12.7 Å². The largest absolute Gasteiger partial charge is 0.444 e. The number of ether oxygens (including phenoxy) is 1. The maximum atomic E-state index is 12.0. The number of aliphatic hydroxyl groups excluding tert-OH is 1. The Morgan fingerprint density at radius 3 is 2.75 bits per heavy atom. The van der Waals surface area contributed by atoms with Crippen LogP contribution in [-0.4, -0.2) is 50.7 Å². The van der Waals surface area contributed by atoms with Gasteiger partial charge in [0.1, 0.15) is 5.60 Å². The van der Waals surface area contributed by atoms with E-state index in [1.165, 1.54) is 4.90 Å². The zero-order valence-corrected chi connectivity index (χ0v) is 12.5. The van der Waals surface area contributed by atoms with Gasteiger partial charge in [-0.1, -0.05) is 6.92 Å². The minimum atomic E-state index is -0.618. The fraction of sp³-hybridized carbons (Fsp3) is 0.714. The number of β-amino-alcohol motifs (C(OH)–C–C–N with tert-alkyl or cyclic N) is 1. The summed E-state index contributed by atoms with van der Waals surface area (Å²) >= 11 is 0. The summed E-state index contributed by atoms with van der Waals surface area (Å²) in [6, 6.07) is -0.206. The van der Waals surface area contributed by atoms with E-state index in [4.69, 9.17) is 4.74 Å². The number of hydrogen-bond acceptors (Lipinski definition) is 4. The Balaban J connectivity index is 2.03. The number of aryl methyl sites for hydroxylation is 1. The van der Waals surface area contributed by atoms with Crippen LogP contribution in [0.25, 0.3) is 0 Å². The normalized spacial score (nSPS) is 23.1. The SMILES string of the molecule is CCc1cnn(C2CN(C(=O)OC(C)(C)C)C[C@H]2O)c1. The predicted octanol–water partition coefficient (Wildman–Crippen LogP) is 1.60. The van der Waals surface area contributed by atoms with Crippen LogP contribution in [0.4, 0.5) is 4.79 Å². The Kier molecular flexibility index (Phi) is 4.04. The first-order valence-corrected chi connectivity index (χ1v) is 6.99. The third kappa shape index (κ3) is 3.30. The van der Waals surface area contributed by atoms with E-state index in [9.17, 15) is 9.90 Å². The van der Waals surface area contributed by atoms with Gasteiger partial charge in [-0.25, -0.2) is 4.79 Å². The van der Waals surface area contributed by atoms with Crippen molar-refractivity contribution >= 4 is 6.09 Å². The van der Waals surface area contributed by atoms with Crippen LogP contribution < -0.4 is 0 Å². The molecule has 1 N–H and O–H groups in total. The molecule has 1 fully saturated rings. The number of likely N-dealkylation sites (tertiary alicyclic amines) is 1. The molecule has 1 saturated heterocycles. The van der Waals surface area contributed by atoms with Crippen molar-refractivity contribution in [3.8, 4) is 0 Å². The van der Waals surface area contributed by atoms with E-state index in [0.717, 1.165) is 12.0 Å². The first kappa shape index (κ1) is 14.8. The van der Waals surface area contributed by atoms with Crippen LogP contribution in [-0.2, 0) is 11.2 Å². The Bertz CT molecular complexity index is 478. The number of amides is 1. The smallest absolute Gasteiger partial charge is 0.410 e. The molecule has 20 heavy (non-hydrogen) atoms. The molecule has 6 heteroatoms. The topological polar surface area (TPSA) is 67.6 Å². The average molecular weight is 281 g/mol. The molecule has 2 atom stereocenters. The molecule has 1 aliphatic rings. The molecule has 1 amide bonds. The lowest BCUT2D eigenvalue weighted by Crippen LogP contribution is -2.35. The highest BCUT2D eigenvalue weighted by Gasteiger charge is 2.37. The number of carbonyl (C=O) groups excluding carboxylic acids is 1. The molecule has 1 unspecified atom stereocenters. The van der Waals surface area contributed by atoms with Gasteiger partial charge in [0.15, 0.2) is 0 Å². The summed E-state index contributed by atoms with van der Waals surface area (Å²) in [5.41, 5.74) is 0.592.